The zero-order valence-corrected chi connectivity index (χ0v) is 18.4. The SMILES string of the molecule is Cc1c(Cl)c(O)c(CCC(C)CCCC(C)CCCC(C)C)c(O)c1C=O. The van der Waals surface area contributed by atoms with E-state index in [1.54, 1.807) is 6.92 Å². The zero-order valence-electron chi connectivity index (χ0n) is 17.6. The summed E-state index contributed by atoms with van der Waals surface area (Å²) in [4.78, 5) is 11.2. The molecule has 0 saturated heterocycles. The van der Waals surface area contributed by atoms with Crippen LogP contribution >= 0.6 is 11.6 Å². The fraction of sp³-hybridized carbons (Fsp3) is 0.696. The molecule has 0 aliphatic rings. The first-order chi connectivity index (χ1) is 12.7. The number of aldehydes is 1. The van der Waals surface area contributed by atoms with Crippen molar-refractivity contribution in [3.8, 4) is 11.5 Å². The maximum Gasteiger partial charge on any atom is 0.154 e. The lowest BCUT2D eigenvalue weighted by Gasteiger charge is -2.17. The van der Waals surface area contributed by atoms with Gasteiger partial charge in [-0.25, -0.2) is 0 Å². The highest BCUT2D eigenvalue weighted by atomic mass is 35.5. The Bertz CT molecular complexity index is 610. The molecule has 0 aromatic heterocycles. The summed E-state index contributed by atoms with van der Waals surface area (Å²) in [6.45, 7) is 10.7. The molecule has 27 heavy (non-hydrogen) atoms. The van der Waals surface area contributed by atoms with E-state index in [1.165, 1.54) is 32.1 Å². The van der Waals surface area contributed by atoms with Crippen LogP contribution in [0.5, 0.6) is 11.5 Å². The highest BCUT2D eigenvalue weighted by Crippen LogP contribution is 2.41. The molecule has 0 bridgehead atoms. The lowest BCUT2D eigenvalue weighted by Crippen LogP contribution is -2.03. The zero-order chi connectivity index (χ0) is 20.6. The molecule has 0 radical (unpaired) electrons. The van der Waals surface area contributed by atoms with E-state index in [2.05, 4.69) is 27.7 Å². The molecule has 1 aromatic rings. The number of hydrogen-bond donors (Lipinski definition) is 2. The van der Waals surface area contributed by atoms with Crippen LogP contribution in [0.4, 0.5) is 0 Å². The van der Waals surface area contributed by atoms with Gasteiger partial charge in [0.2, 0.25) is 0 Å². The predicted octanol–water partition coefficient (Wildman–Crippen LogP) is 7.07. The van der Waals surface area contributed by atoms with Gasteiger partial charge in [-0.3, -0.25) is 4.79 Å². The van der Waals surface area contributed by atoms with Crippen LogP contribution in [0, 0.1) is 24.7 Å². The molecule has 0 aliphatic heterocycles. The summed E-state index contributed by atoms with van der Waals surface area (Å²) in [5, 5.41) is 20.7. The molecule has 0 amide bonds. The second-order valence-corrected chi connectivity index (χ2v) is 9.03. The van der Waals surface area contributed by atoms with E-state index < -0.39 is 0 Å². The monoisotopic (exact) mass is 396 g/mol. The molecule has 2 unspecified atom stereocenters. The van der Waals surface area contributed by atoms with E-state index in [-0.39, 0.29) is 22.1 Å². The van der Waals surface area contributed by atoms with Crippen LogP contribution in [-0.2, 0) is 6.42 Å². The molecular weight excluding hydrogens is 360 g/mol. The highest BCUT2D eigenvalue weighted by Gasteiger charge is 2.20. The first-order valence-corrected chi connectivity index (χ1v) is 10.7. The quantitative estimate of drug-likeness (QED) is 0.371. The molecule has 0 spiro atoms. The van der Waals surface area contributed by atoms with Crippen molar-refractivity contribution < 1.29 is 15.0 Å². The van der Waals surface area contributed by atoms with Crippen LogP contribution in [0.3, 0.4) is 0 Å². The fourth-order valence-corrected chi connectivity index (χ4v) is 3.85. The van der Waals surface area contributed by atoms with Crippen LogP contribution in [0.25, 0.3) is 0 Å². The second-order valence-electron chi connectivity index (χ2n) is 8.65. The number of phenolic OH excluding ortho intramolecular Hbond substituents is 2. The van der Waals surface area contributed by atoms with Crippen molar-refractivity contribution in [3.05, 3.63) is 21.7 Å². The van der Waals surface area contributed by atoms with Gasteiger partial charge in [-0.05, 0) is 43.1 Å². The highest BCUT2D eigenvalue weighted by molar-refractivity contribution is 6.33. The van der Waals surface area contributed by atoms with E-state index in [0.717, 1.165) is 24.7 Å². The summed E-state index contributed by atoms with van der Waals surface area (Å²) >= 11 is 6.11. The molecule has 0 aliphatic carbocycles. The van der Waals surface area contributed by atoms with Gasteiger partial charge in [-0.2, -0.15) is 0 Å². The topological polar surface area (TPSA) is 57.5 Å². The first-order valence-electron chi connectivity index (χ1n) is 10.4. The van der Waals surface area contributed by atoms with Crippen LogP contribution in [0.1, 0.15) is 94.1 Å². The molecule has 0 fully saturated rings. The first kappa shape index (κ1) is 23.8. The number of benzene rings is 1. The Morgan fingerprint density at radius 3 is 1.93 bits per heavy atom. The molecule has 0 heterocycles. The Labute approximate surface area is 170 Å². The summed E-state index contributed by atoms with van der Waals surface area (Å²) in [5.74, 6) is 1.83. The van der Waals surface area contributed by atoms with E-state index in [9.17, 15) is 15.0 Å². The number of hydrogen-bond acceptors (Lipinski definition) is 3. The lowest BCUT2D eigenvalue weighted by atomic mass is 9.90. The third-order valence-electron chi connectivity index (χ3n) is 5.65. The molecule has 2 N–H and O–H groups in total. The largest absolute Gasteiger partial charge is 0.507 e. The van der Waals surface area contributed by atoms with Gasteiger partial charge in [0, 0.05) is 5.56 Å². The fourth-order valence-electron chi connectivity index (χ4n) is 3.63. The smallest absolute Gasteiger partial charge is 0.154 e. The van der Waals surface area contributed by atoms with Crippen molar-refractivity contribution in [2.24, 2.45) is 17.8 Å². The second kappa shape index (κ2) is 11.6. The average Bonchev–Trinajstić information content (AvgIpc) is 2.60. The number of carbonyl (C=O) groups is 1. The summed E-state index contributed by atoms with van der Waals surface area (Å²) in [6.07, 6.45) is 9.51. The minimum atomic E-state index is -0.129. The van der Waals surface area contributed by atoms with Gasteiger partial charge >= 0.3 is 0 Å². The molecule has 1 aromatic carbocycles. The standard InChI is InChI=1S/C23H37ClO3/c1-15(2)8-6-9-16(3)10-7-11-17(4)12-13-19-22(26)20(14-25)18(5)21(24)23(19)27/h14-17,26-27H,6-13H2,1-5H3. The predicted molar refractivity (Wildman–Crippen MR) is 114 cm³/mol. The molecule has 3 nitrogen and oxygen atoms in total. The van der Waals surface area contributed by atoms with Gasteiger partial charge < -0.3 is 10.2 Å². The van der Waals surface area contributed by atoms with Crippen molar-refractivity contribution in [1.29, 1.82) is 0 Å². The minimum absolute atomic E-state index is 0.0942. The van der Waals surface area contributed by atoms with Crippen LogP contribution in [-0.4, -0.2) is 16.5 Å². The van der Waals surface area contributed by atoms with Gasteiger partial charge in [-0.15, -0.1) is 0 Å². The van der Waals surface area contributed by atoms with Crippen molar-refractivity contribution in [2.45, 2.75) is 86.0 Å². The average molecular weight is 397 g/mol. The van der Waals surface area contributed by atoms with Gasteiger partial charge in [0.15, 0.2) is 6.29 Å². The number of phenols is 2. The summed E-state index contributed by atoms with van der Waals surface area (Å²) in [6, 6.07) is 0. The maximum atomic E-state index is 11.2. The van der Waals surface area contributed by atoms with Crippen LogP contribution in [0.2, 0.25) is 5.02 Å². The molecule has 2 atom stereocenters. The lowest BCUT2D eigenvalue weighted by molar-refractivity contribution is 0.112. The van der Waals surface area contributed by atoms with Crippen LogP contribution < -0.4 is 0 Å². The Morgan fingerprint density at radius 2 is 1.41 bits per heavy atom. The minimum Gasteiger partial charge on any atom is -0.507 e. The van der Waals surface area contributed by atoms with Gasteiger partial charge in [0.1, 0.15) is 11.5 Å². The molecule has 1 rings (SSSR count). The molecule has 0 saturated carbocycles. The van der Waals surface area contributed by atoms with E-state index in [1.807, 2.05) is 0 Å². The summed E-state index contributed by atoms with van der Waals surface area (Å²) in [5.41, 5.74) is 0.988. The Balaban J connectivity index is 2.48. The van der Waals surface area contributed by atoms with Crippen molar-refractivity contribution >= 4 is 17.9 Å². The number of halogens is 1. The maximum absolute atomic E-state index is 11.2. The Hall–Kier alpha value is -1.22. The summed E-state index contributed by atoms with van der Waals surface area (Å²) in [7, 11) is 0. The van der Waals surface area contributed by atoms with E-state index in [0.29, 0.717) is 29.8 Å². The Kier molecular flexibility index (Phi) is 10.2. The number of rotatable bonds is 12. The molecule has 154 valence electrons. The third-order valence-corrected chi connectivity index (χ3v) is 6.11. The number of carbonyl (C=O) groups excluding carboxylic acids is 1. The van der Waals surface area contributed by atoms with Gasteiger partial charge in [0.25, 0.3) is 0 Å². The van der Waals surface area contributed by atoms with E-state index in [4.69, 9.17) is 11.6 Å². The van der Waals surface area contributed by atoms with Gasteiger partial charge in [-0.1, -0.05) is 77.8 Å². The van der Waals surface area contributed by atoms with Crippen molar-refractivity contribution in [2.75, 3.05) is 0 Å². The molecule has 4 heteroatoms. The van der Waals surface area contributed by atoms with Crippen LogP contribution in [0.15, 0.2) is 0 Å². The third kappa shape index (κ3) is 7.37. The molecular formula is C23H37ClO3. The van der Waals surface area contributed by atoms with Crippen molar-refractivity contribution in [1.82, 2.24) is 0 Å². The van der Waals surface area contributed by atoms with E-state index >= 15 is 0 Å². The Morgan fingerprint density at radius 1 is 0.889 bits per heavy atom. The summed E-state index contributed by atoms with van der Waals surface area (Å²) < 4.78 is 0. The normalized spacial score (nSPS) is 13.7. The number of aromatic hydroxyl groups is 2. The van der Waals surface area contributed by atoms with Crippen molar-refractivity contribution in [3.63, 3.8) is 0 Å². The van der Waals surface area contributed by atoms with Gasteiger partial charge in [0.05, 0.1) is 10.6 Å².